The van der Waals surface area contributed by atoms with Crippen LogP contribution in [0.4, 0.5) is 5.82 Å². The maximum Gasteiger partial charge on any atom is 0.228 e. The highest BCUT2D eigenvalue weighted by Gasteiger charge is 2.10. The van der Waals surface area contributed by atoms with Crippen LogP contribution in [0.2, 0.25) is 0 Å². The van der Waals surface area contributed by atoms with Gasteiger partial charge in [0.05, 0.1) is 6.20 Å². The minimum absolute atomic E-state index is 0.502. The largest absolute Gasteiger partial charge is 0.369 e. The summed E-state index contributed by atoms with van der Waals surface area (Å²) in [6.45, 7) is 2.72. The second-order valence-corrected chi connectivity index (χ2v) is 5.49. The lowest BCUT2D eigenvalue weighted by atomic mass is 10.3. The van der Waals surface area contributed by atoms with E-state index in [0.29, 0.717) is 30.4 Å². The zero-order chi connectivity index (χ0) is 17.1. The number of nitrogens with one attached hydrogen (secondary N) is 1. The SMILES string of the molecule is CCc1cc(NCCc2nc(-c3ccccn3)no2)n2nccc2n1. The first-order valence-electron chi connectivity index (χ1n) is 8.15. The van der Waals surface area contributed by atoms with Crippen molar-refractivity contribution in [2.75, 3.05) is 11.9 Å². The van der Waals surface area contributed by atoms with Crippen molar-refractivity contribution in [1.82, 2.24) is 29.7 Å². The van der Waals surface area contributed by atoms with Crippen molar-refractivity contribution in [1.29, 1.82) is 0 Å². The highest BCUT2D eigenvalue weighted by molar-refractivity contribution is 5.49. The first-order chi connectivity index (χ1) is 12.3. The summed E-state index contributed by atoms with van der Waals surface area (Å²) in [6, 6.07) is 9.49. The average Bonchev–Trinajstić information content (AvgIpc) is 3.31. The van der Waals surface area contributed by atoms with Crippen LogP contribution in [0.25, 0.3) is 17.2 Å². The number of nitrogens with zero attached hydrogens (tertiary/aromatic N) is 6. The number of hydrogen-bond donors (Lipinski definition) is 1. The van der Waals surface area contributed by atoms with Crippen LogP contribution in [0.3, 0.4) is 0 Å². The van der Waals surface area contributed by atoms with Gasteiger partial charge in [0.2, 0.25) is 11.7 Å². The van der Waals surface area contributed by atoms with Gasteiger partial charge in [-0.1, -0.05) is 18.1 Å². The average molecular weight is 335 g/mol. The van der Waals surface area contributed by atoms with Gasteiger partial charge in [-0.05, 0) is 18.6 Å². The minimum atomic E-state index is 0.502. The van der Waals surface area contributed by atoms with E-state index in [2.05, 4.69) is 37.4 Å². The number of anilines is 1. The lowest BCUT2D eigenvalue weighted by Crippen LogP contribution is -2.10. The summed E-state index contributed by atoms with van der Waals surface area (Å²) in [6.07, 6.45) is 4.92. The van der Waals surface area contributed by atoms with E-state index in [1.54, 1.807) is 16.9 Å². The summed E-state index contributed by atoms with van der Waals surface area (Å²) < 4.78 is 7.08. The molecule has 0 aliphatic carbocycles. The Labute approximate surface area is 143 Å². The molecule has 8 nitrogen and oxygen atoms in total. The molecule has 8 heteroatoms. The molecule has 1 N–H and O–H groups in total. The number of pyridine rings is 1. The molecule has 0 fully saturated rings. The van der Waals surface area contributed by atoms with E-state index < -0.39 is 0 Å². The third kappa shape index (κ3) is 3.18. The second-order valence-electron chi connectivity index (χ2n) is 5.49. The van der Waals surface area contributed by atoms with Crippen molar-refractivity contribution in [2.45, 2.75) is 19.8 Å². The monoisotopic (exact) mass is 335 g/mol. The van der Waals surface area contributed by atoms with Gasteiger partial charge in [-0.15, -0.1) is 0 Å². The molecular formula is C17H17N7O. The van der Waals surface area contributed by atoms with Gasteiger partial charge in [0.25, 0.3) is 0 Å². The third-order valence-corrected chi connectivity index (χ3v) is 3.78. The van der Waals surface area contributed by atoms with Crippen LogP contribution in [0.1, 0.15) is 18.5 Å². The maximum atomic E-state index is 5.30. The summed E-state index contributed by atoms with van der Waals surface area (Å²) in [4.78, 5) is 13.1. The zero-order valence-electron chi connectivity index (χ0n) is 13.8. The van der Waals surface area contributed by atoms with Crippen LogP contribution < -0.4 is 5.32 Å². The zero-order valence-corrected chi connectivity index (χ0v) is 13.8. The van der Waals surface area contributed by atoms with E-state index in [4.69, 9.17) is 4.52 Å². The van der Waals surface area contributed by atoms with Crippen molar-refractivity contribution >= 4 is 11.5 Å². The fourth-order valence-corrected chi connectivity index (χ4v) is 2.53. The maximum absolute atomic E-state index is 5.30. The number of aryl methyl sites for hydroxylation is 1. The van der Waals surface area contributed by atoms with Crippen molar-refractivity contribution in [3.8, 4) is 11.5 Å². The standard InChI is InChI=1S/C17H17N7O/c1-2-12-11-15(24-14(21-12)6-10-20-24)19-9-7-16-22-17(23-25-16)13-5-3-4-8-18-13/h3-6,8,10-11,19H,2,7,9H2,1H3. The van der Waals surface area contributed by atoms with Crippen LogP contribution in [0, 0.1) is 0 Å². The fourth-order valence-electron chi connectivity index (χ4n) is 2.53. The van der Waals surface area contributed by atoms with Crippen LogP contribution >= 0.6 is 0 Å². The lowest BCUT2D eigenvalue weighted by molar-refractivity contribution is 0.381. The highest BCUT2D eigenvalue weighted by atomic mass is 16.5. The smallest absolute Gasteiger partial charge is 0.228 e. The van der Waals surface area contributed by atoms with Crippen LogP contribution in [-0.2, 0) is 12.8 Å². The van der Waals surface area contributed by atoms with E-state index in [0.717, 1.165) is 23.6 Å². The van der Waals surface area contributed by atoms with Crippen molar-refractivity contribution in [3.05, 3.63) is 54.3 Å². The molecule has 25 heavy (non-hydrogen) atoms. The molecule has 0 unspecified atom stereocenters. The summed E-state index contributed by atoms with van der Waals surface area (Å²) in [5.41, 5.74) is 2.55. The molecule has 0 aliphatic heterocycles. The Bertz CT molecular complexity index is 977. The minimum Gasteiger partial charge on any atom is -0.369 e. The fraction of sp³-hybridized carbons (Fsp3) is 0.235. The normalized spacial score (nSPS) is 11.1. The summed E-state index contributed by atoms with van der Waals surface area (Å²) in [5, 5.41) is 11.6. The van der Waals surface area contributed by atoms with E-state index in [1.807, 2.05) is 30.3 Å². The van der Waals surface area contributed by atoms with Gasteiger partial charge in [0.15, 0.2) is 5.65 Å². The van der Waals surface area contributed by atoms with Gasteiger partial charge in [-0.25, -0.2) is 4.98 Å². The molecule has 4 aromatic heterocycles. The van der Waals surface area contributed by atoms with Gasteiger partial charge in [-0.3, -0.25) is 4.98 Å². The first kappa shape index (κ1) is 15.3. The Balaban J connectivity index is 1.45. The summed E-state index contributed by atoms with van der Waals surface area (Å²) in [5.74, 6) is 1.97. The van der Waals surface area contributed by atoms with Gasteiger partial charge in [-0.2, -0.15) is 14.6 Å². The van der Waals surface area contributed by atoms with Gasteiger partial charge < -0.3 is 9.84 Å². The molecule has 0 radical (unpaired) electrons. The molecule has 0 amide bonds. The molecule has 0 saturated carbocycles. The van der Waals surface area contributed by atoms with Crippen LogP contribution in [0.5, 0.6) is 0 Å². The van der Waals surface area contributed by atoms with Gasteiger partial charge in [0.1, 0.15) is 11.5 Å². The topological polar surface area (TPSA) is 94.0 Å². The van der Waals surface area contributed by atoms with E-state index >= 15 is 0 Å². The Morgan fingerprint density at radius 3 is 2.96 bits per heavy atom. The Morgan fingerprint density at radius 2 is 2.12 bits per heavy atom. The molecule has 4 rings (SSSR count). The van der Waals surface area contributed by atoms with E-state index in [-0.39, 0.29) is 0 Å². The first-order valence-corrected chi connectivity index (χ1v) is 8.15. The third-order valence-electron chi connectivity index (χ3n) is 3.78. The number of aromatic nitrogens is 6. The van der Waals surface area contributed by atoms with E-state index in [9.17, 15) is 0 Å². The molecular weight excluding hydrogens is 318 g/mol. The second kappa shape index (κ2) is 6.68. The molecule has 0 saturated heterocycles. The van der Waals surface area contributed by atoms with Crippen molar-refractivity contribution in [2.24, 2.45) is 0 Å². The van der Waals surface area contributed by atoms with Crippen molar-refractivity contribution < 1.29 is 4.52 Å². The predicted molar refractivity (Wildman–Crippen MR) is 92.1 cm³/mol. The van der Waals surface area contributed by atoms with E-state index in [1.165, 1.54) is 0 Å². The molecule has 0 spiro atoms. The van der Waals surface area contributed by atoms with Crippen molar-refractivity contribution in [3.63, 3.8) is 0 Å². The number of hydrogen-bond acceptors (Lipinski definition) is 7. The van der Waals surface area contributed by atoms with Crippen LogP contribution in [-0.4, -0.2) is 36.3 Å². The van der Waals surface area contributed by atoms with Gasteiger partial charge in [0, 0.05) is 37.0 Å². The predicted octanol–water partition coefficient (Wildman–Crippen LogP) is 2.39. The quantitative estimate of drug-likeness (QED) is 0.578. The molecule has 0 aliphatic rings. The summed E-state index contributed by atoms with van der Waals surface area (Å²) >= 11 is 0. The number of rotatable bonds is 6. The molecule has 0 aromatic carbocycles. The lowest BCUT2D eigenvalue weighted by Gasteiger charge is -2.08. The Kier molecular flexibility index (Phi) is 4.07. The molecule has 4 aromatic rings. The molecule has 0 bridgehead atoms. The number of fused-ring (bicyclic) bond motifs is 1. The summed E-state index contributed by atoms with van der Waals surface area (Å²) in [7, 11) is 0. The van der Waals surface area contributed by atoms with Crippen LogP contribution in [0.15, 0.2) is 47.2 Å². The molecule has 126 valence electrons. The molecule has 4 heterocycles. The molecule has 0 atom stereocenters. The van der Waals surface area contributed by atoms with Gasteiger partial charge >= 0.3 is 0 Å². The highest BCUT2D eigenvalue weighted by Crippen LogP contribution is 2.14. The Hall–Kier alpha value is -3.29. The Morgan fingerprint density at radius 1 is 1.16 bits per heavy atom.